The Bertz CT molecular complexity index is 693. The van der Waals surface area contributed by atoms with Gasteiger partial charge in [-0.25, -0.2) is 9.37 Å². The molecule has 0 radical (unpaired) electrons. The summed E-state index contributed by atoms with van der Waals surface area (Å²) in [4.78, 5) is 18.0. The van der Waals surface area contributed by atoms with Crippen molar-refractivity contribution in [2.75, 3.05) is 5.32 Å². The molecular formula is C12H10ClFN4O2. The SMILES string of the molecule is Cc1cc(Nc2nc(Cl)nc(C)c2[N+](=O)[O-])ccc1F. The van der Waals surface area contributed by atoms with Gasteiger partial charge in [-0.05, 0) is 49.2 Å². The van der Waals surface area contributed by atoms with E-state index in [0.717, 1.165) is 0 Å². The summed E-state index contributed by atoms with van der Waals surface area (Å²) in [5, 5.41) is 13.7. The number of halogens is 2. The highest BCUT2D eigenvalue weighted by atomic mass is 35.5. The van der Waals surface area contributed by atoms with Crippen molar-refractivity contribution in [2.24, 2.45) is 0 Å². The largest absolute Gasteiger partial charge is 0.334 e. The van der Waals surface area contributed by atoms with Gasteiger partial charge < -0.3 is 5.32 Å². The first-order chi connectivity index (χ1) is 9.38. The van der Waals surface area contributed by atoms with E-state index in [2.05, 4.69) is 15.3 Å². The van der Waals surface area contributed by atoms with E-state index in [1.54, 1.807) is 6.92 Å². The summed E-state index contributed by atoms with van der Waals surface area (Å²) in [6.45, 7) is 3.06. The van der Waals surface area contributed by atoms with Gasteiger partial charge in [-0.1, -0.05) is 0 Å². The fourth-order valence-electron chi connectivity index (χ4n) is 1.70. The molecule has 0 spiro atoms. The van der Waals surface area contributed by atoms with E-state index < -0.39 is 4.92 Å². The van der Waals surface area contributed by atoms with Gasteiger partial charge in [0.15, 0.2) is 0 Å². The monoisotopic (exact) mass is 296 g/mol. The topological polar surface area (TPSA) is 81.0 Å². The maximum atomic E-state index is 13.2. The molecule has 1 N–H and O–H groups in total. The lowest BCUT2D eigenvalue weighted by Gasteiger charge is -2.08. The predicted octanol–water partition coefficient (Wildman–Crippen LogP) is 3.54. The Morgan fingerprint density at radius 2 is 2.05 bits per heavy atom. The van der Waals surface area contributed by atoms with E-state index in [0.29, 0.717) is 11.3 Å². The molecule has 2 aromatic rings. The standard InChI is InChI=1S/C12H10ClFN4O2/c1-6-5-8(3-4-9(6)14)16-11-10(18(19)20)7(2)15-12(13)17-11/h3-5H,1-2H3,(H,15,16,17). The number of aryl methyl sites for hydroxylation is 2. The molecule has 1 aromatic carbocycles. The van der Waals surface area contributed by atoms with Crippen LogP contribution in [-0.4, -0.2) is 14.9 Å². The molecule has 1 aromatic heterocycles. The lowest BCUT2D eigenvalue weighted by atomic mass is 10.2. The molecule has 0 saturated heterocycles. The molecule has 1 heterocycles. The maximum absolute atomic E-state index is 13.2. The molecule has 0 atom stereocenters. The van der Waals surface area contributed by atoms with Crippen LogP contribution in [0.25, 0.3) is 0 Å². The van der Waals surface area contributed by atoms with Crippen LogP contribution in [0.15, 0.2) is 18.2 Å². The van der Waals surface area contributed by atoms with E-state index in [-0.39, 0.29) is 28.3 Å². The van der Waals surface area contributed by atoms with Gasteiger partial charge in [-0.15, -0.1) is 0 Å². The fourth-order valence-corrected chi connectivity index (χ4v) is 1.91. The second-order valence-corrected chi connectivity index (χ2v) is 4.46. The van der Waals surface area contributed by atoms with Crippen LogP contribution in [0.4, 0.5) is 21.6 Å². The quantitative estimate of drug-likeness (QED) is 0.532. The predicted molar refractivity (Wildman–Crippen MR) is 72.9 cm³/mol. The minimum Gasteiger partial charge on any atom is -0.334 e. The summed E-state index contributed by atoms with van der Waals surface area (Å²) in [7, 11) is 0. The molecule has 104 valence electrons. The number of nitrogens with zero attached hydrogens (tertiary/aromatic N) is 3. The Balaban J connectivity index is 2.47. The summed E-state index contributed by atoms with van der Waals surface area (Å²) >= 11 is 5.70. The van der Waals surface area contributed by atoms with Gasteiger partial charge in [0, 0.05) is 5.69 Å². The van der Waals surface area contributed by atoms with Crippen LogP contribution < -0.4 is 5.32 Å². The lowest BCUT2D eigenvalue weighted by Crippen LogP contribution is -2.04. The summed E-state index contributed by atoms with van der Waals surface area (Å²) in [5.74, 6) is -0.388. The number of rotatable bonds is 3. The molecule has 0 aliphatic heterocycles. The smallest absolute Gasteiger partial charge is 0.332 e. The van der Waals surface area contributed by atoms with Crippen molar-refractivity contribution in [3.8, 4) is 0 Å². The zero-order chi connectivity index (χ0) is 14.9. The second kappa shape index (κ2) is 5.38. The van der Waals surface area contributed by atoms with E-state index >= 15 is 0 Å². The highest BCUT2D eigenvalue weighted by molar-refractivity contribution is 6.28. The van der Waals surface area contributed by atoms with Gasteiger partial charge >= 0.3 is 5.69 Å². The van der Waals surface area contributed by atoms with Crippen molar-refractivity contribution in [3.63, 3.8) is 0 Å². The fraction of sp³-hybridized carbons (Fsp3) is 0.167. The summed E-state index contributed by atoms with van der Waals surface area (Å²) in [5.41, 5.74) is 0.767. The van der Waals surface area contributed by atoms with Gasteiger partial charge in [-0.2, -0.15) is 4.98 Å². The number of benzene rings is 1. The van der Waals surface area contributed by atoms with Gasteiger partial charge in [-0.3, -0.25) is 10.1 Å². The number of anilines is 2. The van der Waals surface area contributed by atoms with Crippen molar-refractivity contribution in [2.45, 2.75) is 13.8 Å². The first-order valence-corrected chi connectivity index (χ1v) is 5.98. The average molecular weight is 297 g/mol. The average Bonchev–Trinajstić information content (AvgIpc) is 2.32. The minimum absolute atomic E-state index is 0.0292. The number of nitrogens with one attached hydrogen (secondary N) is 1. The Hall–Kier alpha value is -2.28. The van der Waals surface area contributed by atoms with Crippen LogP contribution in [0.3, 0.4) is 0 Å². The van der Waals surface area contributed by atoms with Crippen LogP contribution in [0.1, 0.15) is 11.3 Å². The number of hydrogen-bond acceptors (Lipinski definition) is 5. The summed E-state index contributed by atoms with van der Waals surface area (Å²) in [6, 6.07) is 4.24. The van der Waals surface area contributed by atoms with E-state index in [1.165, 1.54) is 25.1 Å². The summed E-state index contributed by atoms with van der Waals surface area (Å²) in [6.07, 6.45) is 0. The van der Waals surface area contributed by atoms with Gasteiger partial charge in [0.1, 0.15) is 11.5 Å². The van der Waals surface area contributed by atoms with E-state index in [9.17, 15) is 14.5 Å². The van der Waals surface area contributed by atoms with Crippen molar-refractivity contribution < 1.29 is 9.31 Å². The first-order valence-electron chi connectivity index (χ1n) is 5.60. The third-order valence-corrected chi connectivity index (χ3v) is 2.80. The molecule has 8 heteroatoms. The lowest BCUT2D eigenvalue weighted by molar-refractivity contribution is -0.385. The minimum atomic E-state index is -0.593. The van der Waals surface area contributed by atoms with E-state index in [1.807, 2.05) is 0 Å². The first kappa shape index (κ1) is 14.1. The molecule has 0 amide bonds. The Morgan fingerprint density at radius 1 is 1.35 bits per heavy atom. The molecule has 20 heavy (non-hydrogen) atoms. The van der Waals surface area contributed by atoms with Crippen molar-refractivity contribution >= 4 is 28.8 Å². The number of aromatic nitrogens is 2. The summed E-state index contributed by atoms with van der Waals surface area (Å²) < 4.78 is 13.2. The van der Waals surface area contributed by atoms with Crippen molar-refractivity contribution in [1.82, 2.24) is 9.97 Å². The zero-order valence-electron chi connectivity index (χ0n) is 10.6. The molecule has 0 unspecified atom stereocenters. The Morgan fingerprint density at radius 3 is 2.65 bits per heavy atom. The molecule has 6 nitrogen and oxygen atoms in total. The molecule has 0 bridgehead atoms. The van der Waals surface area contributed by atoms with Crippen LogP contribution in [0.2, 0.25) is 5.28 Å². The molecular weight excluding hydrogens is 287 g/mol. The van der Waals surface area contributed by atoms with Crippen LogP contribution in [0, 0.1) is 29.8 Å². The molecule has 2 rings (SSSR count). The Labute approximate surface area is 118 Å². The zero-order valence-corrected chi connectivity index (χ0v) is 11.4. The second-order valence-electron chi connectivity index (χ2n) is 4.12. The third-order valence-electron chi connectivity index (χ3n) is 2.63. The molecule has 0 fully saturated rings. The van der Waals surface area contributed by atoms with Crippen LogP contribution >= 0.6 is 11.6 Å². The van der Waals surface area contributed by atoms with E-state index in [4.69, 9.17) is 11.6 Å². The van der Waals surface area contributed by atoms with Gasteiger partial charge in [0.25, 0.3) is 0 Å². The molecule has 0 aliphatic rings. The van der Waals surface area contributed by atoms with Crippen molar-refractivity contribution in [1.29, 1.82) is 0 Å². The highest BCUT2D eigenvalue weighted by Crippen LogP contribution is 2.29. The van der Waals surface area contributed by atoms with Crippen molar-refractivity contribution in [3.05, 3.63) is 50.7 Å². The number of hydrogen-bond donors (Lipinski definition) is 1. The number of nitro groups is 1. The molecule has 0 saturated carbocycles. The van der Waals surface area contributed by atoms with Gasteiger partial charge in [0.2, 0.25) is 11.1 Å². The molecule has 0 aliphatic carbocycles. The van der Waals surface area contributed by atoms with Crippen LogP contribution in [0.5, 0.6) is 0 Å². The highest BCUT2D eigenvalue weighted by Gasteiger charge is 2.21. The maximum Gasteiger partial charge on any atom is 0.332 e. The van der Waals surface area contributed by atoms with Crippen LogP contribution in [-0.2, 0) is 0 Å². The Kier molecular flexibility index (Phi) is 3.80. The third kappa shape index (κ3) is 2.83. The van der Waals surface area contributed by atoms with Gasteiger partial charge in [0.05, 0.1) is 4.92 Å². The normalized spacial score (nSPS) is 10.4.